The molecule has 0 aliphatic carbocycles. The first-order valence-corrected chi connectivity index (χ1v) is 8.52. The van der Waals surface area contributed by atoms with Gasteiger partial charge in [-0.25, -0.2) is 4.98 Å². The van der Waals surface area contributed by atoms with Gasteiger partial charge in [0.2, 0.25) is 5.96 Å². The number of hydrogen-bond acceptors (Lipinski definition) is 5. The molecule has 1 heterocycles. The van der Waals surface area contributed by atoms with E-state index >= 15 is 0 Å². The fourth-order valence-corrected chi connectivity index (χ4v) is 3.02. The fourth-order valence-electron chi connectivity index (χ4n) is 2.02. The van der Waals surface area contributed by atoms with Crippen molar-refractivity contribution < 1.29 is 4.74 Å². The van der Waals surface area contributed by atoms with Gasteiger partial charge in [-0.05, 0) is 31.9 Å². The third-order valence-electron chi connectivity index (χ3n) is 3.10. The van der Waals surface area contributed by atoms with Gasteiger partial charge in [-0.3, -0.25) is 0 Å². The molecule has 0 aliphatic rings. The van der Waals surface area contributed by atoms with Crippen molar-refractivity contribution >= 4 is 23.0 Å². The first kappa shape index (κ1) is 17.9. The second-order valence-electron chi connectivity index (χ2n) is 5.88. The van der Waals surface area contributed by atoms with Crippen LogP contribution in [0.3, 0.4) is 0 Å². The summed E-state index contributed by atoms with van der Waals surface area (Å²) in [6.07, 6.45) is 0. The van der Waals surface area contributed by atoms with Crippen LogP contribution < -0.4 is 16.2 Å². The summed E-state index contributed by atoms with van der Waals surface area (Å²) >= 11 is 1.56. The van der Waals surface area contributed by atoms with E-state index in [1.54, 1.807) is 11.3 Å². The van der Waals surface area contributed by atoms with Crippen LogP contribution in [0.25, 0.3) is 10.6 Å². The number of thiazole rings is 1. The van der Waals surface area contributed by atoms with Gasteiger partial charge in [-0.1, -0.05) is 26.0 Å². The molecule has 0 bridgehead atoms. The molecular formula is C17H23N5OS. The maximum atomic E-state index is 5.79. The van der Waals surface area contributed by atoms with Gasteiger partial charge in [-0.15, -0.1) is 16.4 Å². The van der Waals surface area contributed by atoms with Crippen LogP contribution in [-0.2, 0) is 0 Å². The lowest BCUT2D eigenvalue weighted by molar-refractivity contribution is 0.271. The molecule has 0 radical (unpaired) electrons. The summed E-state index contributed by atoms with van der Waals surface area (Å²) in [4.78, 5) is 5.60. The highest BCUT2D eigenvalue weighted by Gasteiger charge is 2.12. The van der Waals surface area contributed by atoms with E-state index in [0.717, 1.165) is 32.6 Å². The zero-order valence-electron chi connectivity index (χ0n) is 14.4. The van der Waals surface area contributed by atoms with Crippen LogP contribution in [0.1, 0.15) is 31.3 Å². The fraction of sp³-hybridized carbons (Fsp3) is 0.353. The highest BCUT2D eigenvalue weighted by Crippen LogP contribution is 2.30. The maximum absolute atomic E-state index is 5.79. The van der Waals surface area contributed by atoms with Crippen molar-refractivity contribution in [1.29, 1.82) is 0 Å². The van der Waals surface area contributed by atoms with Crippen molar-refractivity contribution in [1.82, 2.24) is 4.98 Å². The Kier molecular flexibility index (Phi) is 5.92. The molecule has 0 atom stereocenters. The molecule has 0 aliphatic heterocycles. The number of guanidine groups is 1. The van der Waals surface area contributed by atoms with Crippen molar-refractivity contribution in [3.8, 4) is 16.3 Å². The number of aromatic nitrogens is 1. The second-order valence-corrected chi connectivity index (χ2v) is 6.88. The Labute approximate surface area is 146 Å². The number of ether oxygens (including phenoxy) is 1. The van der Waals surface area contributed by atoms with E-state index in [2.05, 4.69) is 29.0 Å². The van der Waals surface area contributed by atoms with E-state index in [1.807, 2.05) is 38.1 Å². The van der Waals surface area contributed by atoms with E-state index in [4.69, 9.17) is 16.2 Å². The van der Waals surface area contributed by atoms with Gasteiger partial charge < -0.3 is 16.2 Å². The van der Waals surface area contributed by atoms with Crippen LogP contribution in [0.2, 0.25) is 0 Å². The van der Waals surface area contributed by atoms with Gasteiger partial charge in [0.25, 0.3) is 0 Å². The molecule has 0 saturated carbocycles. The Bertz CT molecular complexity index is 760. The van der Waals surface area contributed by atoms with E-state index in [0.29, 0.717) is 12.5 Å². The first-order valence-electron chi connectivity index (χ1n) is 7.71. The minimum atomic E-state index is -0.0632. The average Bonchev–Trinajstić information content (AvgIpc) is 2.93. The number of nitrogens with zero attached hydrogens (tertiary/aromatic N) is 3. The predicted molar refractivity (Wildman–Crippen MR) is 101 cm³/mol. The second kappa shape index (κ2) is 7.92. The van der Waals surface area contributed by atoms with Crippen molar-refractivity contribution in [2.75, 3.05) is 6.61 Å². The molecule has 2 rings (SSSR count). The van der Waals surface area contributed by atoms with Crippen LogP contribution in [0.5, 0.6) is 5.75 Å². The van der Waals surface area contributed by atoms with Crippen LogP contribution in [-0.4, -0.2) is 23.3 Å². The molecule has 0 unspecified atom stereocenters. The average molecular weight is 345 g/mol. The summed E-state index contributed by atoms with van der Waals surface area (Å²) < 4.78 is 5.79. The summed E-state index contributed by atoms with van der Waals surface area (Å²) in [5.74, 6) is 1.27. The Morgan fingerprint density at radius 3 is 2.71 bits per heavy atom. The molecule has 0 spiro atoms. The van der Waals surface area contributed by atoms with E-state index in [1.165, 1.54) is 0 Å². The Balaban J connectivity index is 2.28. The standard InChI is InChI=1S/C17H23N5OS/c1-10(2)9-23-14-7-5-6-13(8-14)16-20-11(3)15(24-16)12(4)21-22-17(18)19/h5-8,10H,9H2,1-4H3,(H4,18,19,22). The lowest BCUT2D eigenvalue weighted by atomic mass is 10.2. The van der Waals surface area contributed by atoms with Crippen LogP contribution in [0, 0.1) is 12.8 Å². The minimum Gasteiger partial charge on any atom is -0.493 e. The van der Waals surface area contributed by atoms with Crippen molar-refractivity contribution in [2.45, 2.75) is 27.7 Å². The SMILES string of the molecule is CC(=NN=C(N)N)c1sc(-c2cccc(OCC(C)C)c2)nc1C. The van der Waals surface area contributed by atoms with Gasteiger partial charge in [0.05, 0.1) is 22.9 Å². The Hall–Kier alpha value is -2.41. The minimum absolute atomic E-state index is 0.0632. The van der Waals surface area contributed by atoms with Gasteiger partial charge in [0.15, 0.2) is 0 Å². The molecule has 2 aromatic rings. The number of aryl methyl sites for hydroxylation is 1. The van der Waals surface area contributed by atoms with Crippen molar-refractivity contribution in [2.24, 2.45) is 27.6 Å². The summed E-state index contributed by atoms with van der Waals surface area (Å²) in [7, 11) is 0. The molecule has 0 fully saturated rings. The molecule has 6 nitrogen and oxygen atoms in total. The molecule has 4 N–H and O–H groups in total. The molecule has 1 aromatic heterocycles. The summed E-state index contributed by atoms with van der Waals surface area (Å²) in [5.41, 5.74) is 13.3. The number of benzene rings is 1. The number of hydrogen-bond donors (Lipinski definition) is 2. The zero-order chi connectivity index (χ0) is 17.7. The molecular weight excluding hydrogens is 322 g/mol. The molecule has 24 heavy (non-hydrogen) atoms. The highest BCUT2D eigenvalue weighted by atomic mass is 32.1. The quantitative estimate of drug-likeness (QED) is 0.477. The lowest BCUT2D eigenvalue weighted by Crippen LogP contribution is -2.22. The van der Waals surface area contributed by atoms with Crippen LogP contribution >= 0.6 is 11.3 Å². The largest absolute Gasteiger partial charge is 0.493 e. The molecule has 7 heteroatoms. The Morgan fingerprint density at radius 1 is 1.29 bits per heavy atom. The normalized spacial score (nSPS) is 11.6. The summed E-state index contributed by atoms with van der Waals surface area (Å²) in [6.45, 7) is 8.75. The number of nitrogens with two attached hydrogens (primary N) is 2. The van der Waals surface area contributed by atoms with Gasteiger partial charge in [-0.2, -0.15) is 5.10 Å². The lowest BCUT2D eigenvalue weighted by Gasteiger charge is -2.09. The van der Waals surface area contributed by atoms with Crippen molar-refractivity contribution in [3.05, 3.63) is 34.8 Å². The van der Waals surface area contributed by atoms with Crippen LogP contribution in [0.15, 0.2) is 34.5 Å². The van der Waals surface area contributed by atoms with Gasteiger partial charge >= 0.3 is 0 Å². The predicted octanol–water partition coefficient (Wildman–Crippen LogP) is 3.15. The molecule has 128 valence electrons. The van der Waals surface area contributed by atoms with Crippen LogP contribution in [0.4, 0.5) is 0 Å². The van der Waals surface area contributed by atoms with Gasteiger partial charge in [0.1, 0.15) is 10.8 Å². The molecule has 0 saturated heterocycles. The third-order valence-corrected chi connectivity index (χ3v) is 4.42. The maximum Gasteiger partial charge on any atom is 0.211 e. The zero-order valence-corrected chi connectivity index (χ0v) is 15.2. The monoisotopic (exact) mass is 345 g/mol. The van der Waals surface area contributed by atoms with Crippen molar-refractivity contribution in [3.63, 3.8) is 0 Å². The summed E-state index contributed by atoms with van der Waals surface area (Å²) in [6, 6.07) is 7.96. The molecule has 1 aromatic carbocycles. The Morgan fingerprint density at radius 2 is 2.04 bits per heavy atom. The first-order chi connectivity index (χ1) is 11.4. The highest BCUT2D eigenvalue weighted by molar-refractivity contribution is 7.17. The van der Waals surface area contributed by atoms with Gasteiger partial charge in [0, 0.05) is 5.56 Å². The number of rotatable bonds is 6. The van der Waals surface area contributed by atoms with E-state index in [9.17, 15) is 0 Å². The van der Waals surface area contributed by atoms with E-state index < -0.39 is 0 Å². The smallest absolute Gasteiger partial charge is 0.211 e. The summed E-state index contributed by atoms with van der Waals surface area (Å²) in [5, 5.41) is 8.64. The topological polar surface area (TPSA) is 98.9 Å². The van der Waals surface area contributed by atoms with E-state index in [-0.39, 0.29) is 5.96 Å². The third kappa shape index (κ3) is 4.79. The molecule has 0 amide bonds.